The van der Waals surface area contributed by atoms with Crippen molar-refractivity contribution < 1.29 is 9.53 Å². The summed E-state index contributed by atoms with van der Waals surface area (Å²) in [5.41, 5.74) is 3.61. The van der Waals surface area contributed by atoms with E-state index in [1.807, 2.05) is 43.0 Å². The smallest absolute Gasteiger partial charge is 0.253 e. The van der Waals surface area contributed by atoms with Crippen molar-refractivity contribution in [2.75, 3.05) is 32.2 Å². The predicted molar refractivity (Wildman–Crippen MR) is 91.6 cm³/mol. The Morgan fingerprint density at radius 1 is 1.35 bits per heavy atom. The zero-order valence-electron chi connectivity index (χ0n) is 13.5. The van der Waals surface area contributed by atoms with E-state index in [-0.39, 0.29) is 5.91 Å². The van der Waals surface area contributed by atoms with Crippen LogP contribution in [-0.2, 0) is 4.79 Å². The van der Waals surface area contributed by atoms with Crippen LogP contribution in [0.3, 0.4) is 0 Å². The number of methoxy groups -OCH3 is 1. The molecular formula is C15H21N5O2S. The lowest BCUT2D eigenvalue weighted by molar-refractivity contribution is -0.118. The van der Waals surface area contributed by atoms with Gasteiger partial charge in [0.1, 0.15) is 5.75 Å². The molecule has 0 aliphatic carbocycles. The molecule has 1 aromatic carbocycles. The van der Waals surface area contributed by atoms with Gasteiger partial charge < -0.3 is 4.74 Å². The van der Waals surface area contributed by atoms with Gasteiger partial charge in [0.05, 0.1) is 13.7 Å². The van der Waals surface area contributed by atoms with E-state index >= 15 is 0 Å². The Hall–Kier alpha value is -2.19. The maximum absolute atomic E-state index is 12.2. The van der Waals surface area contributed by atoms with Gasteiger partial charge in [0, 0.05) is 5.56 Å². The van der Waals surface area contributed by atoms with E-state index in [4.69, 9.17) is 17.0 Å². The van der Waals surface area contributed by atoms with Gasteiger partial charge in [-0.1, -0.05) is 13.8 Å². The molecule has 0 unspecified atom stereocenters. The third-order valence-corrected chi connectivity index (χ3v) is 3.79. The number of carbonyl (C=O) groups is 1. The van der Waals surface area contributed by atoms with E-state index in [1.54, 1.807) is 7.11 Å². The minimum Gasteiger partial charge on any atom is -0.497 e. The van der Waals surface area contributed by atoms with Crippen LogP contribution in [0.2, 0.25) is 0 Å². The number of aromatic amines is 1. The molecule has 0 aliphatic heterocycles. The second-order valence-electron chi connectivity index (χ2n) is 4.91. The minimum atomic E-state index is -0.138. The normalized spacial score (nSPS) is 10.8. The number of carbonyl (C=O) groups excluding carboxylic acids is 1. The summed E-state index contributed by atoms with van der Waals surface area (Å²) in [6, 6.07) is 7.37. The number of amides is 1. The lowest BCUT2D eigenvalue weighted by Crippen LogP contribution is -2.36. The van der Waals surface area contributed by atoms with Gasteiger partial charge in [-0.2, -0.15) is 5.10 Å². The molecule has 2 aromatic rings. The fourth-order valence-corrected chi connectivity index (χ4v) is 2.32. The van der Waals surface area contributed by atoms with Crippen LogP contribution in [0.5, 0.6) is 5.75 Å². The SMILES string of the molecule is CCN(CC)CC(=O)Nn1c(-c2ccc(OC)cc2)n[nH]c1=S. The van der Waals surface area contributed by atoms with Gasteiger partial charge in [0.2, 0.25) is 4.77 Å². The molecule has 23 heavy (non-hydrogen) atoms. The molecule has 0 saturated heterocycles. The minimum absolute atomic E-state index is 0.138. The number of likely N-dealkylation sites (N-methyl/N-ethyl adjacent to an activating group) is 1. The van der Waals surface area contributed by atoms with E-state index < -0.39 is 0 Å². The van der Waals surface area contributed by atoms with Crippen molar-refractivity contribution in [2.45, 2.75) is 13.8 Å². The summed E-state index contributed by atoms with van der Waals surface area (Å²) < 4.78 is 6.97. The Labute approximate surface area is 140 Å². The van der Waals surface area contributed by atoms with Gasteiger partial charge in [-0.05, 0) is 49.6 Å². The topological polar surface area (TPSA) is 75.2 Å². The molecule has 8 heteroatoms. The molecule has 2 N–H and O–H groups in total. The summed E-state index contributed by atoms with van der Waals surface area (Å²) in [7, 11) is 1.61. The Balaban J connectivity index is 2.21. The van der Waals surface area contributed by atoms with Gasteiger partial charge in [0.15, 0.2) is 5.82 Å². The van der Waals surface area contributed by atoms with Crippen LogP contribution in [0.4, 0.5) is 0 Å². The van der Waals surface area contributed by atoms with E-state index in [2.05, 4.69) is 15.6 Å². The van der Waals surface area contributed by atoms with Crippen molar-refractivity contribution in [1.29, 1.82) is 0 Å². The number of hydrogen-bond donors (Lipinski definition) is 2. The van der Waals surface area contributed by atoms with E-state index in [0.29, 0.717) is 17.1 Å². The average Bonchev–Trinajstić information content (AvgIpc) is 2.93. The zero-order valence-corrected chi connectivity index (χ0v) is 14.3. The van der Waals surface area contributed by atoms with Crippen LogP contribution in [0, 0.1) is 4.77 Å². The Morgan fingerprint density at radius 2 is 2.00 bits per heavy atom. The van der Waals surface area contributed by atoms with E-state index in [9.17, 15) is 4.79 Å². The van der Waals surface area contributed by atoms with Crippen LogP contribution in [0.25, 0.3) is 11.4 Å². The van der Waals surface area contributed by atoms with Gasteiger partial charge in [0.25, 0.3) is 5.91 Å². The molecule has 124 valence electrons. The lowest BCUT2D eigenvalue weighted by atomic mass is 10.2. The Bertz CT molecular complexity index is 703. The first-order valence-corrected chi connectivity index (χ1v) is 7.83. The molecule has 7 nitrogen and oxygen atoms in total. The first kappa shape index (κ1) is 17.2. The summed E-state index contributed by atoms with van der Waals surface area (Å²) in [4.78, 5) is 14.2. The molecule has 2 rings (SSSR count). The largest absolute Gasteiger partial charge is 0.497 e. The number of nitrogens with zero attached hydrogens (tertiary/aromatic N) is 3. The highest BCUT2D eigenvalue weighted by atomic mass is 32.1. The molecule has 0 radical (unpaired) electrons. The lowest BCUT2D eigenvalue weighted by Gasteiger charge is -2.17. The molecule has 0 fully saturated rings. The van der Waals surface area contributed by atoms with Crippen LogP contribution in [0.15, 0.2) is 24.3 Å². The monoisotopic (exact) mass is 335 g/mol. The quantitative estimate of drug-likeness (QED) is 0.757. The number of nitrogens with one attached hydrogen (secondary N) is 2. The van der Waals surface area contributed by atoms with Crippen molar-refractivity contribution in [1.82, 2.24) is 19.8 Å². The Kier molecular flexibility index (Phi) is 5.89. The van der Waals surface area contributed by atoms with Crippen molar-refractivity contribution in [3.8, 4) is 17.1 Å². The summed E-state index contributed by atoms with van der Waals surface area (Å²) in [6.45, 7) is 5.96. The standard InChI is InChI=1S/C15H21N5O2S/c1-4-19(5-2)10-13(21)18-20-14(16-17-15(20)23)11-6-8-12(22-3)9-7-11/h6-9H,4-5,10H2,1-3H3,(H,17,23)(H,18,21). The molecular weight excluding hydrogens is 314 g/mol. The third-order valence-electron chi connectivity index (χ3n) is 3.52. The molecule has 1 aromatic heterocycles. The highest BCUT2D eigenvalue weighted by molar-refractivity contribution is 7.71. The Morgan fingerprint density at radius 3 is 2.57 bits per heavy atom. The van der Waals surface area contributed by atoms with Gasteiger partial charge in [-0.15, -0.1) is 0 Å². The highest BCUT2D eigenvalue weighted by Crippen LogP contribution is 2.20. The van der Waals surface area contributed by atoms with Gasteiger partial charge >= 0.3 is 0 Å². The fourth-order valence-electron chi connectivity index (χ4n) is 2.14. The zero-order chi connectivity index (χ0) is 16.8. The summed E-state index contributed by atoms with van der Waals surface area (Å²) in [5.74, 6) is 1.16. The van der Waals surface area contributed by atoms with Crippen LogP contribution < -0.4 is 10.2 Å². The van der Waals surface area contributed by atoms with Crippen LogP contribution in [-0.4, -0.2) is 52.4 Å². The molecule has 0 spiro atoms. The number of rotatable bonds is 7. The number of aromatic nitrogens is 3. The third kappa shape index (κ3) is 4.17. The van der Waals surface area contributed by atoms with Crippen molar-refractivity contribution in [2.24, 2.45) is 0 Å². The molecule has 0 bridgehead atoms. The first-order valence-electron chi connectivity index (χ1n) is 7.43. The summed E-state index contributed by atoms with van der Waals surface area (Å²) in [5, 5.41) is 6.90. The van der Waals surface area contributed by atoms with E-state index in [0.717, 1.165) is 24.4 Å². The molecule has 0 atom stereocenters. The van der Waals surface area contributed by atoms with Gasteiger partial charge in [-0.25, -0.2) is 9.77 Å². The molecule has 1 heterocycles. The number of ether oxygens (including phenoxy) is 1. The predicted octanol–water partition coefficient (Wildman–Crippen LogP) is 2.03. The van der Waals surface area contributed by atoms with Crippen molar-refractivity contribution >= 4 is 18.1 Å². The fraction of sp³-hybridized carbons (Fsp3) is 0.400. The number of H-pyrrole nitrogens is 1. The molecule has 0 saturated carbocycles. The second kappa shape index (κ2) is 7.89. The van der Waals surface area contributed by atoms with Gasteiger partial charge in [-0.3, -0.25) is 15.1 Å². The maximum Gasteiger partial charge on any atom is 0.253 e. The molecule has 0 aliphatic rings. The number of benzene rings is 1. The van der Waals surface area contributed by atoms with E-state index in [1.165, 1.54) is 4.68 Å². The molecule has 1 amide bonds. The van der Waals surface area contributed by atoms with Crippen molar-refractivity contribution in [3.63, 3.8) is 0 Å². The highest BCUT2D eigenvalue weighted by Gasteiger charge is 2.13. The number of hydrogen-bond acceptors (Lipinski definition) is 5. The van der Waals surface area contributed by atoms with Crippen LogP contribution >= 0.6 is 12.2 Å². The maximum atomic E-state index is 12.2. The summed E-state index contributed by atoms with van der Waals surface area (Å²) in [6.07, 6.45) is 0. The second-order valence-corrected chi connectivity index (χ2v) is 5.30. The van der Waals surface area contributed by atoms with Crippen LogP contribution in [0.1, 0.15) is 13.8 Å². The van der Waals surface area contributed by atoms with Crippen molar-refractivity contribution in [3.05, 3.63) is 29.0 Å². The first-order chi connectivity index (χ1) is 11.1. The average molecular weight is 335 g/mol. The summed E-state index contributed by atoms with van der Waals surface area (Å²) >= 11 is 5.20.